The molecule has 0 spiro atoms. The lowest BCUT2D eigenvalue weighted by Crippen LogP contribution is -2.30. The van der Waals surface area contributed by atoms with Crippen LogP contribution < -0.4 is 5.32 Å². The SMILES string of the molecule is CC(Nc1nc(C(=O)O)co1)C1CCCO1. The first kappa shape index (κ1) is 10.9. The third-order valence-corrected chi connectivity index (χ3v) is 2.60. The monoisotopic (exact) mass is 226 g/mol. The van der Waals surface area contributed by atoms with Crippen LogP contribution in [0.5, 0.6) is 0 Å². The predicted octanol–water partition coefficient (Wildman–Crippen LogP) is 1.35. The van der Waals surface area contributed by atoms with Crippen molar-refractivity contribution in [3.05, 3.63) is 12.0 Å². The molecule has 2 unspecified atom stereocenters. The topological polar surface area (TPSA) is 84.6 Å². The Hall–Kier alpha value is -1.56. The number of hydrogen-bond acceptors (Lipinski definition) is 5. The summed E-state index contributed by atoms with van der Waals surface area (Å²) < 4.78 is 10.5. The summed E-state index contributed by atoms with van der Waals surface area (Å²) in [5.74, 6) is -1.10. The van der Waals surface area contributed by atoms with Gasteiger partial charge < -0.3 is 19.6 Å². The van der Waals surface area contributed by atoms with Crippen molar-refractivity contribution in [1.29, 1.82) is 0 Å². The number of ether oxygens (including phenoxy) is 1. The first-order valence-corrected chi connectivity index (χ1v) is 5.24. The molecule has 1 fully saturated rings. The lowest BCUT2D eigenvalue weighted by atomic mass is 10.1. The Bertz CT molecular complexity index is 371. The van der Waals surface area contributed by atoms with E-state index in [9.17, 15) is 4.79 Å². The van der Waals surface area contributed by atoms with Crippen molar-refractivity contribution in [2.24, 2.45) is 0 Å². The van der Waals surface area contributed by atoms with Crippen LogP contribution >= 0.6 is 0 Å². The maximum absolute atomic E-state index is 10.6. The molecule has 16 heavy (non-hydrogen) atoms. The lowest BCUT2D eigenvalue weighted by Gasteiger charge is -2.18. The first-order chi connectivity index (χ1) is 7.66. The summed E-state index contributed by atoms with van der Waals surface area (Å²) in [4.78, 5) is 14.4. The number of carboxylic acids is 1. The zero-order valence-corrected chi connectivity index (χ0v) is 8.97. The van der Waals surface area contributed by atoms with Crippen molar-refractivity contribution in [3.8, 4) is 0 Å². The number of carboxylic acid groups (broad SMARTS) is 1. The molecule has 2 atom stereocenters. The van der Waals surface area contributed by atoms with E-state index in [1.807, 2.05) is 6.92 Å². The molecule has 1 aliphatic heterocycles. The number of rotatable bonds is 4. The quantitative estimate of drug-likeness (QED) is 0.806. The number of carbonyl (C=O) groups is 1. The van der Waals surface area contributed by atoms with E-state index in [1.54, 1.807) is 0 Å². The molecule has 2 heterocycles. The summed E-state index contributed by atoms with van der Waals surface area (Å²) >= 11 is 0. The molecule has 88 valence electrons. The van der Waals surface area contributed by atoms with Crippen molar-refractivity contribution < 1.29 is 19.1 Å². The average molecular weight is 226 g/mol. The molecule has 1 aliphatic rings. The van der Waals surface area contributed by atoms with Gasteiger partial charge in [-0.1, -0.05) is 0 Å². The summed E-state index contributed by atoms with van der Waals surface area (Å²) in [6.45, 7) is 2.74. The number of nitrogens with one attached hydrogen (secondary N) is 1. The minimum absolute atomic E-state index is 0.0581. The molecule has 1 aromatic heterocycles. The third-order valence-electron chi connectivity index (χ3n) is 2.60. The van der Waals surface area contributed by atoms with E-state index in [1.165, 1.54) is 0 Å². The minimum Gasteiger partial charge on any atom is -0.476 e. The number of aromatic nitrogens is 1. The molecule has 0 saturated carbocycles. The van der Waals surface area contributed by atoms with Crippen molar-refractivity contribution in [2.45, 2.75) is 31.9 Å². The average Bonchev–Trinajstić information content (AvgIpc) is 2.87. The highest BCUT2D eigenvalue weighted by Gasteiger charge is 2.23. The number of oxazole rings is 1. The van der Waals surface area contributed by atoms with Gasteiger partial charge in [0.15, 0.2) is 5.69 Å². The highest BCUT2D eigenvalue weighted by molar-refractivity contribution is 5.85. The molecule has 2 N–H and O–H groups in total. The standard InChI is InChI=1S/C10H14N2O4/c1-6(8-3-2-4-15-8)11-10-12-7(5-16-10)9(13)14/h5-6,8H,2-4H2,1H3,(H,11,12)(H,13,14). The van der Waals surface area contributed by atoms with Crippen LogP contribution in [-0.2, 0) is 4.74 Å². The maximum Gasteiger partial charge on any atom is 0.357 e. The summed E-state index contributed by atoms with van der Waals surface area (Å²) in [5, 5.41) is 11.7. The van der Waals surface area contributed by atoms with E-state index in [-0.39, 0.29) is 23.9 Å². The second-order valence-electron chi connectivity index (χ2n) is 3.83. The molecule has 6 nitrogen and oxygen atoms in total. The molecular formula is C10H14N2O4. The predicted molar refractivity (Wildman–Crippen MR) is 55.5 cm³/mol. The largest absolute Gasteiger partial charge is 0.476 e. The first-order valence-electron chi connectivity index (χ1n) is 5.24. The normalized spacial score (nSPS) is 21.9. The summed E-state index contributed by atoms with van der Waals surface area (Å²) in [7, 11) is 0. The molecule has 0 aromatic carbocycles. The van der Waals surface area contributed by atoms with Crippen LogP contribution in [0, 0.1) is 0 Å². The second kappa shape index (κ2) is 4.52. The Balaban J connectivity index is 1.94. The van der Waals surface area contributed by atoms with Crippen LogP contribution in [0.25, 0.3) is 0 Å². The highest BCUT2D eigenvalue weighted by Crippen LogP contribution is 2.18. The summed E-state index contributed by atoms with van der Waals surface area (Å²) in [5.41, 5.74) is -0.0953. The molecule has 2 rings (SSSR count). The van der Waals surface area contributed by atoms with E-state index in [4.69, 9.17) is 14.3 Å². The van der Waals surface area contributed by atoms with Crippen molar-refractivity contribution in [2.75, 3.05) is 11.9 Å². The molecular weight excluding hydrogens is 212 g/mol. The van der Waals surface area contributed by atoms with Gasteiger partial charge in [0.1, 0.15) is 6.26 Å². The lowest BCUT2D eigenvalue weighted by molar-refractivity contribution is 0.0690. The molecule has 0 radical (unpaired) electrons. The van der Waals surface area contributed by atoms with Gasteiger partial charge in [-0.15, -0.1) is 0 Å². The van der Waals surface area contributed by atoms with Crippen LogP contribution in [-0.4, -0.2) is 34.8 Å². The van der Waals surface area contributed by atoms with Gasteiger partial charge in [0.2, 0.25) is 0 Å². The van der Waals surface area contributed by atoms with E-state index in [0.717, 1.165) is 25.7 Å². The van der Waals surface area contributed by atoms with Gasteiger partial charge in [-0.05, 0) is 19.8 Å². The van der Waals surface area contributed by atoms with Crippen molar-refractivity contribution in [1.82, 2.24) is 4.98 Å². The highest BCUT2D eigenvalue weighted by atomic mass is 16.5. The number of hydrogen-bond donors (Lipinski definition) is 2. The summed E-state index contributed by atoms with van der Waals surface area (Å²) in [6.07, 6.45) is 3.32. The van der Waals surface area contributed by atoms with Gasteiger partial charge in [0, 0.05) is 6.61 Å². The fourth-order valence-electron chi connectivity index (χ4n) is 1.72. The third kappa shape index (κ3) is 2.33. The van der Waals surface area contributed by atoms with Crippen molar-refractivity contribution in [3.63, 3.8) is 0 Å². The smallest absolute Gasteiger partial charge is 0.357 e. The van der Waals surface area contributed by atoms with Crippen LogP contribution in [0.2, 0.25) is 0 Å². The number of anilines is 1. The fourth-order valence-corrected chi connectivity index (χ4v) is 1.72. The van der Waals surface area contributed by atoms with E-state index in [2.05, 4.69) is 10.3 Å². The van der Waals surface area contributed by atoms with E-state index < -0.39 is 5.97 Å². The molecule has 0 bridgehead atoms. The van der Waals surface area contributed by atoms with Gasteiger partial charge in [-0.3, -0.25) is 0 Å². The Kier molecular flexibility index (Phi) is 3.09. The Labute approximate surface area is 92.6 Å². The van der Waals surface area contributed by atoms with Gasteiger partial charge in [0.05, 0.1) is 12.1 Å². The van der Waals surface area contributed by atoms with Crippen LogP contribution in [0.3, 0.4) is 0 Å². The van der Waals surface area contributed by atoms with E-state index in [0.29, 0.717) is 0 Å². The molecule has 6 heteroatoms. The Morgan fingerprint density at radius 2 is 2.56 bits per heavy atom. The van der Waals surface area contributed by atoms with Gasteiger partial charge in [-0.2, -0.15) is 4.98 Å². The van der Waals surface area contributed by atoms with Gasteiger partial charge in [-0.25, -0.2) is 4.79 Å². The van der Waals surface area contributed by atoms with Crippen molar-refractivity contribution >= 4 is 12.0 Å². The van der Waals surface area contributed by atoms with E-state index >= 15 is 0 Å². The molecule has 1 saturated heterocycles. The van der Waals surface area contributed by atoms with Crippen LogP contribution in [0.1, 0.15) is 30.3 Å². The number of nitrogens with zero attached hydrogens (tertiary/aromatic N) is 1. The molecule has 0 aliphatic carbocycles. The van der Waals surface area contributed by atoms with Crippen LogP contribution in [0.4, 0.5) is 6.01 Å². The molecule has 0 amide bonds. The summed E-state index contributed by atoms with van der Waals surface area (Å²) in [6, 6.07) is 0.281. The second-order valence-corrected chi connectivity index (χ2v) is 3.83. The molecule has 1 aromatic rings. The maximum atomic E-state index is 10.6. The Morgan fingerprint density at radius 3 is 3.12 bits per heavy atom. The van der Waals surface area contributed by atoms with Crippen LogP contribution in [0.15, 0.2) is 10.7 Å². The fraction of sp³-hybridized carbons (Fsp3) is 0.600. The Morgan fingerprint density at radius 1 is 1.75 bits per heavy atom. The van der Waals surface area contributed by atoms with Gasteiger partial charge in [0.25, 0.3) is 6.01 Å². The zero-order valence-electron chi connectivity index (χ0n) is 8.97. The number of aromatic carboxylic acids is 1. The minimum atomic E-state index is -1.10. The zero-order chi connectivity index (χ0) is 11.5. The van der Waals surface area contributed by atoms with Gasteiger partial charge >= 0.3 is 5.97 Å².